The van der Waals surface area contributed by atoms with E-state index in [9.17, 15) is 9.18 Å². The van der Waals surface area contributed by atoms with E-state index in [0.717, 1.165) is 6.42 Å². The lowest BCUT2D eigenvalue weighted by Crippen LogP contribution is -2.27. The fourth-order valence-electron chi connectivity index (χ4n) is 2.09. The predicted octanol–water partition coefficient (Wildman–Crippen LogP) is 2.85. The first-order chi connectivity index (χ1) is 8.06. The van der Waals surface area contributed by atoms with Crippen LogP contribution in [0.5, 0.6) is 0 Å². The quantitative estimate of drug-likeness (QED) is 0.829. The molecular formula is C13H17FN2O. The summed E-state index contributed by atoms with van der Waals surface area (Å²) in [5.74, 6) is 0.111. The van der Waals surface area contributed by atoms with Crippen LogP contribution >= 0.6 is 0 Å². The van der Waals surface area contributed by atoms with E-state index in [1.807, 2.05) is 0 Å². The van der Waals surface area contributed by atoms with E-state index in [-0.39, 0.29) is 17.6 Å². The summed E-state index contributed by atoms with van der Waals surface area (Å²) in [5.41, 5.74) is 1.31. The van der Waals surface area contributed by atoms with Crippen LogP contribution in [0.1, 0.15) is 20.3 Å². The second kappa shape index (κ2) is 4.73. The topological polar surface area (TPSA) is 41.1 Å². The van der Waals surface area contributed by atoms with Gasteiger partial charge in [0.1, 0.15) is 5.82 Å². The second-order valence-corrected chi connectivity index (χ2v) is 4.89. The Morgan fingerprint density at radius 3 is 2.88 bits per heavy atom. The molecule has 0 saturated carbocycles. The molecular weight excluding hydrogens is 219 g/mol. The monoisotopic (exact) mass is 236 g/mol. The third-order valence-electron chi connectivity index (χ3n) is 2.91. The van der Waals surface area contributed by atoms with Crippen molar-refractivity contribution in [1.29, 1.82) is 0 Å². The van der Waals surface area contributed by atoms with Crippen molar-refractivity contribution < 1.29 is 9.18 Å². The Balaban J connectivity index is 2.19. The molecule has 1 atom stereocenters. The van der Waals surface area contributed by atoms with Gasteiger partial charge in [0.2, 0.25) is 5.91 Å². The number of nitrogens with one attached hydrogen (secondary N) is 2. The van der Waals surface area contributed by atoms with E-state index in [4.69, 9.17) is 0 Å². The maximum atomic E-state index is 13.1. The summed E-state index contributed by atoms with van der Waals surface area (Å²) in [7, 11) is 0. The average Bonchev–Trinajstić information content (AvgIpc) is 2.39. The molecule has 0 radical (unpaired) electrons. The van der Waals surface area contributed by atoms with Gasteiger partial charge >= 0.3 is 0 Å². The molecule has 0 bridgehead atoms. The Morgan fingerprint density at radius 1 is 1.41 bits per heavy atom. The molecule has 0 saturated heterocycles. The van der Waals surface area contributed by atoms with Crippen molar-refractivity contribution in [3.63, 3.8) is 0 Å². The zero-order chi connectivity index (χ0) is 12.4. The molecule has 2 N–H and O–H groups in total. The van der Waals surface area contributed by atoms with Crippen molar-refractivity contribution in [1.82, 2.24) is 0 Å². The fourth-order valence-corrected chi connectivity index (χ4v) is 2.09. The van der Waals surface area contributed by atoms with Gasteiger partial charge in [-0.1, -0.05) is 13.8 Å². The van der Waals surface area contributed by atoms with E-state index < -0.39 is 0 Å². The number of fused-ring (bicyclic) bond motifs is 1. The van der Waals surface area contributed by atoms with Crippen LogP contribution in [0, 0.1) is 17.7 Å². The molecule has 1 aliphatic rings. The number of carbonyl (C=O) groups is 1. The van der Waals surface area contributed by atoms with Crippen molar-refractivity contribution in [2.75, 3.05) is 17.2 Å². The first kappa shape index (κ1) is 11.9. The number of hydrogen-bond acceptors (Lipinski definition) is 2. The third-order valence-corrected chi connectivity index (χ3v) is 2.91. The van der Waals surface area contributed by atoms with E-state index in [1.54, 1.807) is 6.07 Å². The standard InChI is InChI=1S/C13H17FN2O/c1-8(2)5-9-7-15-12-6-10(14)3-4-11(12)16-13(9)17/h3-4,6,8-9,15H,5,7H2,1-2H3,(H,16,17). The summed E-state index contributed by atoms with van der Waals surface area (Å²) < 4.78 is 13.1. The highest BCUT2D eigenvalue weighted by atomic mass is 19.1. The average molecular weight is 236 g/mol. The van der Waals surface area contributed by atoms with Crippen LogP contribution < -0.4 is 10.6 Å². The van der Waals surface area contributed by atoms with Gasteiger partial charge in [0.05, 0.1) is 17.3 Å². The SMILES string of the molecule is CC(C)CC1CNc2cc(F)ccc2NC1=O. The molecule has 1 unspecified atom stereocenters. The van der Waals surface area contributed by atoms with Gasteiger partial charge in [-0.05, 0) is 30.5 Å². The lowest BCUT2D eigenvalue weighted by Gasteiger charge is -2.15. The highest BCUT2D eigenvalue weighted by molar-refractivity contribution is 5.97. The minimum atomic E-state index is -0.298. The Kier molecular flexibility index (Phi) is 3.31. The van der Waals surface area contributed by atoms with Crippen molar-refractivity contribution in [2.45, 2.75) is 20.3 Å². The normalized spacial score (nSPS) is 19.3. The van der Waals surface area contributed by atoms with E-state index in [1.165, 1.54) is 12.1 Å². The number of amides is 1. The predicted molar refractivity (Wildman–Crippen MR) is 66.5 cm³/mol. The number of anilines is 2. The van der Waals surface area contributed by atoms with Crippen LogP contribution in [-0.4, -0.2) is 12.5 Å². The number of carbonyl (C=O) groups excluding carboxylic acids is 1. The largest absolute Gasteiger partial charge is 0.382 e. The van der Waals surface area contributed by atoms with Gasteiger partial charge in [-0.2, -0.15) is 0 Å². The van der Waals surface area contributed by atoms with E-state index in [0.29, 0.717) is 23.8 Å². The fraction of sp³-hybridized carbons (Fsp3) is 0.462. The molecule has 1 amide bonds. The van der Waals surface area contributed by atoms with Crippen LogP contribution in [0.3, 0.4) is 0 Å². The molecule has 4 heteroatoms. The molecule has 0 fully saturated rings. The Bertz CT molecular complexity index is 431. The summed E-state index contributed by atoms with van der Waals surface area (Å²) in [6.07, 6.45) is 0.829. The van der Waals surface area contributed by atoms with E-state index >= 15 is 0 Å². The molecule has 1 aromatic rings. The van der Waals surface area contributed by atoms with Gasteiger partial charge in [0.25, 0.3) is 0 Å². The van der Waals surface area contributed by atoms with Gasteiger partial charge in [-0.15, -0.1) is 0 Å². The second-order valence-electron chi connectivity index (χ2n) is 4.89. The maximum Gasteiger partial charge on any atom is 0.229 e. The molecule has 1 aromatic carbocycles. The molecule has 2 rings (SSSR count). The van der Waals surface area contributed by atoms with Gasteiger partial charge in [-0.3, -0.25) is 4.79 Å². The highest BCUT2D eigenvalue weighted by Gasteiger charge is 2.24. The number of benzene rings is 1. The number of hydrogen-bond donors (Lipinski definition) is 2. The van der Waals surface area contributed by atoms with Crippen LogP contribution in [0.25, 0.3) is 0 Å². The zero-order valence-electron chi connectivity index (χ0n) is 10.1. The first-order valence-corrected chi connectivity index (χ1v) is 5.90. The number of halogens is 1. The minimum Gasteiger partial charge on any atom is -0.382 e. The summed E-state index contributed by atoms with van der Waals surface area (Å²) >= 11 is 0. The van der Waals surface area contributed by atoms with Crippen molar-refractivity contribution >= 4 is 17.3 Å². The Hall–Kier alpha value is -1.58. The van der Waals surface area contributed by atoms with Gasteiger partial charge in [0.15, 0.2) is 0 Å². The lowest BCUT2D eigenvalue weighted by atomic mass is 9.96. The summed E-state index contributed by atoms with van der Waals surface area (Å²) in [6, 6.07) is 4.35. The van der Waals surface area contributed by atoms with Crippen molar-refractivity contribution in [3.05, 3.63) is 24.0 Å². The molecule has 0 aliphatic carbocycles. The molecule has 1 heterocycles. The van der Waals surface area contributed by atoms with Crippen molar-refractivity contribution in [2.24, 2.45) is 11.8 Å². The molecule has 3 nitrogen and oxygen atoms in total. The van der Waals surface area contributed by atoms with Crippen LogP contribution in [0.4, 0.5) is 15.8 Å². The highest BCUT2D eigenvalue weighted by Crippen LogP contribution is 2.27. The molecule has 92 valence electrons. The molecule has 0 aromatic heterocycles. The minimum absolute atomic E-state index is 0.0107. The van der Waals surface area contributed by atoms with Gasteiger partial charge in [0, 0.05) is 6.54 Å². The molecule has 17 heavy (non-hydrogen) atoms. The third kappa shape index (κ3) is 2.75. The molecule has 1 aliphatic heterocycles. The molecule has 0 spiro atoms. The Morgan fingerprint density at radius 2 is 2.18 bits per heavy atom. The summed E-state index contributed by atoms with van der Waals surface area (Å²) in [4.78, 5) is 12.0. The number of rotatable bonds is 2. The Labute approximate surface area is 100 Å². The zero-order valence-corrected chi connectivity index (χ0v) is 10.1. The van der Waals surface area contributed by atoms with E-state index in [2.05, 4.69) is 24.5 Å². The van der Waals surface area contributed by atoms with Gasteiger partial charge in [-0.25, -0.2) is 4.39 Å². The maximum absolute atomic E-state index is 13.1. The smallest absolute Gasteiger partial charge is 0.229 e. The van der Waals surface area contributed by atoms with Crippen LogP contribution in [0.15, 0.2) is 18.2 Å². The lowest BCUT2D eigenvalue weighted by molar-refractivity contribution is -0.119. The first-order valence-electron chi connectivity index (χ1n) is 5.90. The van der Waals surface area contributed by atoms with Crippen LogP contribution in [-0.2, 0) is 4.79 Å². The van der Waals surface area contributed by atoms with Crippen LogP contribution in [0.2, 0.25) is 0 Å². The summed E-state index contributed by atoms with van der Waals surface area (Å²) in [5, 5.41) is 5.97. The van der Waals surface area contributed by atoms with Crippen molar-refractivity contribution in [3.8, 4) is 0 Å². The summed E-state index contributed by atoms with van der Waals surface area (Å²) in [6.45, 7) is 4.73. The van der Waals surface area contributed by atoms with Gasteiger partial charge < -0.3 is 10.6 Å².